The van der Waals surface area contributed by atoms with E-state index in [-0.39, 0.29) is 6.10 Å². The van der Waals surface area contributed by atoms with Crippen molar-refractivity contribution in [1.29, 1.82) is 0 Å². The third-order valence-electron chi connectivity index (χ3n) is 1.67. The number of unbranched alkanes of at least 4 members (excludes halogenated alkanes) is 1. The van der Waals surface area contributed by atoms with Gasteiger partial charge in [0.15, 0.2) is 0 Å². The van der Waals surface area contributed by atoms with Crippen LogP contribution in [0.4, 0.5) is 0 Å². The van der Waals surface area contributed by atoms with Gasteiger partial charge in [-0.05, 0) is 6.42 Å². The molecule has 0 heterocycles. The van der Waals surface area contributed by atoms with Crippen molar-refractivity contribution in [2.24, 2.45) is 0 Å². The first-order chi connectivity index (χ1) is 6.16. The molecule has 0 saturated heterocycles. The molecule has 0 fully saturated rings. The normalized spacial score (nSPS) is 12.8. The third-order valence-corrected chi connectivity index (χ3v) is 2.79. The van der Waals surface area contributed by atoms with Gasteiger partial charge in [0.05, 0.1) is 6.10 Å². The van der Waals surface area contributed by atoms with Crippen molar-refractivity contribution in [3.05, 3.63) is 0 Å². The number of rotatable bonds is 8. The molecule has 0 aliphatic rings. The molecule has 4 heteroatoms. The summed E-state index contributed by atoms with van der Waals surface area (Å²) in [5.74, 6) is 0.828. The Morgan fingerprint density at radius 1 is 1.62 bits per heavy atom. The minimum Gasteiger partial charge on any atom is -0.392 e. The van der Waals surface area contributed by atoms with Crippen LogP contribution in [0.3, 0.4) is 0 Å². The fourth-order valence-electron chi connectivity index (χ4n) is 0.907. The molecule has 0 rings (SSSR count). The third kappa shape index (κ3) is 9.70. The van der Waals surface area contributed by atoms with Gasteiger partial charge in [0.2, 0.25) is 5.91 Å². The van der Waals surface area contributed by atoms with Crippen molar-refractivity contribution in [2.45, 2.75) is 38.7 Å². The molecule has 77 valence electrons. The average molecular weight is 204 g/mol. The summed E-state index contributed by atoms with van der Waals surface area (Å²) in [6, 6.07) is 0. The zero-order valence-corrected chi connectivity index (χ0v) is 8.90. The SMILES string of the molecule is CCCCC(O)CSCCC([NH])=O. The molecule has 1 atom stereocenters. The number of nitrogens with one attached hydrogen (secondary N) is 1. The van der Waals surface area contributed by atoms with E-state index in [9.17, 15) is 9.90 Å². The highest BCUT2D eigenvalue weighted by Gasteiger charge is 2.03. The number of carbonyl (C=O) groups is 1. The summed E-state index contributed by atoms with van der Waals surface area (Å²) in [6.45, 7) is 2.10. The van der Waals surface area contributed by atoms with E-state index in [2.05, 4.69) is 6.92 Å². The average Bonchev–Trinajstić information content (AvgIpc) is 2.08. The van der Waals surface area contributed by atoms with Crippen LogP contribution in [0.1, 0.15) is 32.6 Å². The molecule has 0 aliphatic carbocycles. The highest BCUT2D eigenvalue weighted by molar-refractivity contribution is 7.99. The first-order valence-corrected chi connectivity index (χ1v) is 5.82. The van der Waals surface area contributed by atoms with Gasteiger partial charge in [0.25, 0.3) is 0 Å². The van der Waals surface area contributed by atoms with Crippen LogP contribution in [0.25, 0.3) is 0 Å². The van der Waals surface area contributed by atoms with E-state index >= 15 is 0 Å². The summed E-state index contributed by atoms with van der Waals surface area (Å²) in [5.41, 5.74) is 6.66. The van der Waals surface area contributed by atoms with E-state index in [0.717, 1.165) is 19.3 Å². The maximum atomic E-state index is 10.3. The fourth-order valence-corrected chi connectivity index (χ4v) is 1.84. The number of hydrogen-bond acceptors (Lipinski definition) is 3. The standard InChI is InChI=1S/C9H18NO2S/c1-2-3-4-8(11)7-13-6-5-9(10)12/h8,10-11H,2-7H2,1H3. The van der Waals surface area contributed by atoms with Crippen LogP contribution < -0.4 is 5.73 Å². The lowest BCUT2D eigenvalue weighted by Crippen LogP contribution is -2.10. The lowest BCUT2D eigenvalue weighted by Gasteiger charge is -2.08. The summed E-state index contributed by atoms with van der Waals surface area (Å²) in [4.78, 5) is 10.3. The maximum absolute atomic E-state index is 10.3. The maximum Gasteiger partial charge on any atom is 0.239 e. The van der Waals surface area contributed by atoms with E-state index in [4.69, 9.17) is 5.73 Å². The number of aliphatic hydroxyl groups excluding tert-OH is 1. The summed E-state index contributed by atoms with van der Waals surface area (Å²) < 4.78 is 0. The van der Waals surface area contributed by atoms with Crippen LogP contribution in [-0.2, 0) is 4.79 Å². The molecule has 3 nitrogen and oxygen atoms in total. The van der Waals surface area contributed by atoms with E-state index in [1.807, 2.05) is 0 Å². The van der Waals surface area contributed by atoms with Crippen molar-refractivity contribution in [3.8, 4) is 0 Å². The zero-order chi connectivity index (χ0) is 10.1. The van der Waals surface area contributed by atoms with Gasteiger partial charge in [-0.3, -0.25) is 10.5 Å². The van der Waals surface area contributed by atoms with Gasteiger partial charge >= 0.3 is 0 Å². The van der Waals surface area contributed by atoms with E-state index in [1.54, 1.807) is 11.8 Å². The molecule has 0 aromatic rings. The number of carbonyl (C=O) groups excluding carboxylic acids is 1. The van der Waals surface area contributed by atoms with Crippen LogP contribution in [0, 0.1) is 0 Å². The van der Waals surface area contributed by atoms with Gasteiger partial charge in [0.1, 0.15) is 0 Å². The molecular formula is C9H18NO2S. The molecule has 0 aromatic carbocycles. The van der Waals surface area contributed by atoms with E-state index in [1.165, 1.54) is 0 Å². The summed E-state index contributed by atoms with van der Waals surface area (Å²) in [6.07, 6.45) is 3.06. The molecule has 2 N–H and O–H groups in total. The summed E-state index contributed by atoms with van der Waals surface area (Å²) in [5, 5.41) is 9.39. The Balaban J connectivity index is 3.16. The van der Waals surface area contributed by atoms with Gasteiger partial charge in [-0.2, -0.15) is 11.8 Å². The molecule has 0 saturated carbocycles. The van der Waals surface area contributed by atoms with Crippen LogP contribution in [-0.4, -0.2) is 28.6 Å². The van der Waals surface area contributed by atoms with E-state index < -0.39 is 5.91 Å². The number of aliphatic hydroxyl groups is 1. The molecule has 1 unspecified atom stereocenters. The Morgan fingerprint density at radius 2 is 2.31 bits per heavy atom. The second-order valence-corrected chi connectivity index (χ2v) is 4.19. The predicted octanol–water partition coefficient (Wildman–Crippen LogP) is 1.47. The van der Waals surface area contributed by atoms with Gasteiger partial charge in [0, 0.05) is 17.9 Å². The van der Waals surface area contributed by atoms with Crippen LogP contribution in [0.2, 0.25) is 0 Å². The van der Waals surface area contributed by atoms with Crippen molar-refractivity contribution in [2.75, 3.05) is 11.5 Å². The lowest BCUT2D eigenvalue weighted by atomic mass is 10.2. The van der Waals surface area contributed by atoms with Gasteiger partial charge < -0.3 is 5.11 Å². The minimum atomic E-state index is -0.518. The van der Waals surface area contributed by atoms with Crippen molar-refractivity contribution in [3.63, 3.8) is 0 Å². The van der Waals surface area contributed by atoms with E-state index in [0.29, 0.717) is 17.9 Å². The zero-order valence-electron chi connectivity index (χ0n) is 8.08. The van der Waals surface area contributed by atoms with Crippen LogP contribution in [0.5, 0.6) is 0 Å². The Kier molecular flexibility index (Phi) is 8.24. The Hall–Kier alpha value is -0.220. The Morgan fingerprint density at radius 3 is 2.85 bits per heavy atom. The first-order valence-electron chi connectivity index (χ1n) is 4.67. The minimum absolute atomic E-state index is 0.245. The molecule has 0 bridgehead atoms. The number of hydrogen-bond donors (Lipinski definition) is 1. The smallest absolute Gasteiger partial charge is 0.239 e. The van der Waals surface area contributed by atoms with Crippen LogP contribution >= 0.6 is 11.8 Å². The molecule has 1 radical (unpaired) electrons. The Labute approximate surface area is 84.1 Å². The molecule has 0 aromatic heterocycles. The second-order valence-electron chi connectivity index (χ2n) is 3.04. The predicted molar refractivity (Wildman–Crippen MR) is 55.6 cm³/mol. The van der Waals surface area contributed by atoms with Crippen molar-refractivity contribution >= 4 is 17.7 Å². The Bertz CT molecular complexity index is 142. The van der Waals surface area contributed by atoms with Gasteiger partial charge in [-0.15, -0.1) is 0 Å². The monoisotopic (exact) mass is 204 g/mol. The topological polar surface area (TPSA) is 61.1 Å². The number of amides is 1. The summed E-state index contributed by atoms with van der Waals surface area (Å²) in [7, 11) is 0. The molecule has 0 spiro atoms. The quantitative estimate of drug-likeness (QED) is 0.609. The molecule has 1 amide bonds. The summed E-state index contributed by atoms with van der Waals surface area (Å²) >= 11 is 1.55. The lowest BCUT2D eigenvalue weighted by molar-refractivity contribution is -0.118. The second kappa shape index (κ2) is 8.38. The van der Waals surface area contributed by atoms with Gasteiger partial charge in [-0.25, -0.2) is 0 Å². The van der Waals surface area contributed by atoms with Crippen LogP contribution in [0.15, 0.2) is 0 Å². The molecule has 0 aliphatic heterocycles. The molecular weight excluding hydrogens is 186 g/mol. The van der Waals surface area contributed by atoms with Crippen molar-refractivity contribution in [1.82, 2.24) is 5.73 Å². The highest BCUT2D eigenvalue weighted by atomic mass is 32.2. The van der Waals surface area contributed by atoms with Gasteiger partial charge in [-0.1, -0.05) is 19.8 Å². The fraction of sp³-hybridized carbons (Fsp3) is 0.889. The van der Waals surface area contributed by atoms with Crippen molar-refractivity contribution < 1.29 is 9.90 Å². The number of thioether (sulfide) groups is 1. The molecule has 13 heavy (non-hydrogen) atoms. The first kappa shape index (κ1) is 12.8. The highest BCUT2D eigenvalue weighted by Crippen LogP contribution is 2.09. The largest absolute Gasteiger partial charge is 0.392 e.